The van der Waals surface area contributed by atoms with Gasteiger partial charge in [-0.05, 0) is 32.1 Å². The summed E-state index contributed by atoms with van der Waals surface area (Å²) in [7, 11) is 0. The van der Waals surface area contributed by atoms with Crippen LogP contribution in [0.5, 0.6) is 0 Å². The maximum absolute atomic E-state index is 12.7. The van der Waals surface area contributed by atoms with Crippen molar-refractivity contribution in [1.82, 2.24) is 4.90 Å². The van der Waals surface area contributed by atoms with Crippen LogP contribution in [0.1, 0.15) is 44.9 Å². The Balaban J connectivity index is 1.65. The summed E-state index contributed by atoms with van der Waals surface area (Å²) in [5, 5.41) is 9.07. The third kappa shape index (κ3) is 2.55. The van der Waals surface area contributed by atoms with E-state index in [1.807, 2.05) is 4.90 Å². The van der Waals surface area contributed by atoms with Gasteiger partial charge in [0, 0.05) is 12.5 Å². The van der Waals surface area contributed by atoms with E-state index < -0.39 is 5.97 Å². The Morgan fingerprint density at radius 2 is 1.80 bits per heavy atom. The Hall–Kier alpha value is -1.10. The molecule has 0 aromatic carbocycles. The number of carbonyl (C=O) groups excluding carboxylic acids is 1. The lowest BCUT2D eigenvalue weighted by molar-refractivity contribution is -0.153. The van der Waals surface area contributed by atoms with Crippen molar-refractivity contribution in [3.05, 3.63) is 0 Å². The second kappa shape index (κ2) is 5.72. The summed E-state index contributed by atoms with van der Waals surface area (Å²) < 4.78 is 5.80. The van der Waals surface area contributed by atoms with Crippen molar-refractivity contribution in [1.29, 1.82) is 0 Å². The van der Waals surface area contributed by atoms with Gasteiger partial charge in [0.25, 0.3) is 0 Å². The van der Waals surface area contributed by atoms with Crippen LogP contribution in [0.4, 0.5) is 0 Å². The van der Waals surface area contributed by atoms with E-state index in [4.69, 9.17) is 9.84 Å². The quantitative estimate of drug-likeness (QED) is 0.836. The maximum Gasteiger partial charge on any atom is 0.306 e. The SMILES string of the molecule is O=C(O)[C@H]1CC[C@@H](C(=O)N2CCOC3CCCCC32)C1. The number of carbonyl (C=O) groups is 2. The van der Waals surface area contributed by atoms with Gasteiger partial charge >= 0.3 is 5.97 Å². The molecule has 1 saturated heterocycles. The lowest BCUT2D eigenvalue weighted by Crippen LogP contribution is -2.56. The van der Waals surface area contributed by atoms with Crippen LogP contribution in [0.2, 0.25) is 0 Å². The zero-order chi connectivity index (χ0) is 14.1. The largest absolute Gasteiger partial charge is 0.481 e. The molecule has 1 N–H and O–H groups in total. The minimum Gasteiger partial charge on any atom is -0.481 e. The summed E-state index contributed by atoms with van der Waals surface area (Å²) in [5.74, 6) is -0.990. The van der Waals surface area contributed by atoms with E-state index in [0.717, 1.165) is 25.7 Å². The molecule has 20 heavy (non-hydrogen) atoms. The molecule has 5 nitrogen and oxygen atoms in total. The lowest BCUT2D eigenvalue weighted by atomic mass is 9.89. The monoisotopic (exact) mass is 281 g/mol. The zero-order valence-electron chi connectivity index (χ0n) is 11.8. The van der Waals surface area contributed by atoms with Crippen LogP contribution in [0.15, 0.2) is 0 Å². The molecule has 0 aromatic heterocycles. The number of aliphatic carboxylic acids is 1. The molecule has 4 atom stereocenters. The molecule has 1 heterocycles. The first-order valence-corrected chi connectivity index (χ1v) is 7.81. The second-order valence-corrected chi connectivity index (χ2v) is 6.34. The summed E-state index contributed by atoms with van der Waals surface area (Å²) in [6, 6.07) is 0.230. The van der Waals surface area contributed by atoms with Gasteiger partial charge in [-0.3, -0.25) is 9.59 Å². The number of morpholine rings is 1. The highest BCUT2D eigenvalue weighted by Gasteiger charge is 2.41. The summed E-state index contributed by atoms with van der Waals surface area (Å²) in [4.78, 5) is 25.7. The number of carboxylic acids is 1. The van der Waals surface area contributed by atoms with Crippen LogP contribution in [-0.4, -0.2) is 47.2 Å². The Labute approximate surface area is 119 Å². The van der Waals surface area contributed by atoms with Crippen molar-refractivity contribution in [3.63, 3.8) is 0 Å². The highest BCUT2D eigenvalue weighted by atomic mass is 16.5. The fourth-order valence-electron chi connectivity index (χ4n) is 4.03. The molecule has 3 rings (SSSR count). The Bertz CT molecular complexity index is 395. The van der Waals surface area contributed by atoms with Crippen LogP contribution in [0, 0.1) is 11.8 Å². The Morgan fingerprint density at radius 3 is 2.55 bits per heavy atom. The van der Waals surface area contributed by atoms with Gasteiger partial charge in [-0.25, -0.2) is 0 Å². The third-order valence-electron chi connectivity index (χ3n) is 5.15. The van der Waals surface area contributed by atoms with Crippen LogP contribution in [-0.2, 0) is 14.3 Å². The molecular formula is C15H23NO4. The third-order valence-corrected chi connectivity index (χ3v) is 5.15. The number of nitrogens with zero attached hydrogens (tertiary/aromatic N) is 1. The fraction of sp³-hybridized carbons (Fsp3) is 0.867. The molecule has 0 radical (unpaired) electrons. The smallest absolute Gasteiger partial charge is 0.306 e. The van der Waals surface area contributed by atoms with E-state index in [1.165, 1.54) is 6.42 Å². The van der Waals surface area contributed by atoms with Crippen molar-refractivity contribution in [3.8, 4) is 0 Å². The molecular weight excluding hydrogens is 258 g/mol. The standard InChI is InChI=1S/C15H23NO4/c17-14(10-5-6-11(9-10)15(18)19)16-7-8-20-13-4-2-1-3-12(13)16/h10-13H,1-9H2,(H,18,19)/t10-,11+,12?,13?/m1/s1. The number of carboxylic acid groups (broad SMARTS) is 1. The van der Waals surface area contributed by atoms with Crippen LogP contribution in [0.3, 0.4) is 0 Å². The van der Waals surface area contributed by atoms with E-state index >= 15 is 0 Å². The topological polar surface area (TPSA) is 66.8 Å². The molecule has 2 aliphatic carbocycles. The maximum atomic E-state index is 12.7. The summed E-state index contributed by atoms with van der Waals surface area (Å²) in [5.41, 5.74) is 0. The van der Waals surface area contributed by atoms with E-state index in [2.05, 4.69) is 0 Å². The van der Waals surface area contributed by atoms with Crippen molar-refractivity contribution < 1.29 is 19.4 Å². The fourth-order valence-corrected chi connectivity index (χ4v) is 4.03. The number of hydrogen-bond acceptors (Lipinski definition) is 3. The Kier molecular flexibility index (Phi) is 3.96. The van der Waals surface area contributed by atoms with E-state index in [1.54, 1.807) is 0 Å². The first kappa shape index (κ1) is 13.9. The second-order valence-electron chi connectivity index (χ2n) is 6.34. The van der Waals surface area contributed by atoms with Crippen molar-refractivity contribution in [2.45, 2.75) is 57.1 Å². The van der Waals surface area contributed by atoms with Crippen molar-refractivity contribution >= 4 is 11.9 Å². The minimum atomic E-state index is -0.752. The first-order chi connectivity index (χ1) is 9.66. The van der Waals surface area contributed by atoms with Gasteiger partial charge in [0.1, 0.15) is 0 Å². The van der Waals surface area contributed by atoms with Gasteiger partial charge in [0.05, 0.1) is 24.7 Å². The van der Waals surface area contributed by atoms with Crippen molar-refractivity contribution in [2.24, 2.45) is 11.8 Å². The molecule has 0 aromatic rings. The molecule has 2 saturated carbocycles. The molecule has 1 amide bonds. The van der Waals surface area contributed by atoms with Gasteiger partial charge in [0.2, 0.25) is 5.91 Å². The molecule has 0 bridgehead atoms. The van der Waals surface area contributed by atoms with Gasteiger partial charge < -0.3 is 14.7 Å². The minimum absolute atomic E-state index is 0.0863. The molecule has 5 heteroatoms. The lowest BCUT2D eigenvalue weighted by Gasteiger charge is -2.44. The van der Waals surface area contributed by atoms with E-state index in [9.17, 15) is 9.59 Å². The van der Waals surface area contributed by atoms with E-state index in [0.29, 0.717) is 26.0 Å². The van der Waals surface area contributed by atoms with Crippen LogP contribution in [0.25, 0.3) is 0 Å². The number of ether oxygens (including phenoxy) is 1. The predicted octanol–water partition coefficient (Wildman–Crippen LogP) is 1.66. The molecule has 0 spiro atoms. The van der Waals surface area contributed by atoms with Gasteiger partial charge in [0.15, 0.2) is 0 Å². The van der Waals surface area contributed by atoms with E-state index in [-0.39, 0.29) is 29.9 Å². The van der Waals surface area contributed by atoms with Gasteiger partial charge in [-0.1, -0.05) is 12.8 Å². The predicted molar refractivity (Wildman–Crippen MR) is 72.2 cm³/mol. The van der Waals surface area contributed by atoms with Gasteiger partial charge in [-0.15, -0.1) is 0 Å². The summed E-state index contributed by atoms with van der Waals surface area (Å²) in [6.45, 7) is 1.30. The Morgan fingerprint density at radius 1 is 1.05 bits per heavy atom. The van der Waals surface area contributed by atoms with Crippen LogP contribution >= 0.6 is 0 Å². The average molecular weight is 281 g/mol. The number of rotatable bonds is 2. The highest BCUT2D eigenvalue weighted by Crippen LogP contribution is 2.35. The average Bonchev–Trinajstić information content (AvgIpc) is 2.96. The van der Waals surface area contributed by atoms with Crippen LogP contribution < -0.4 is 0 Å². The molecule has 3 aliphatic rings. The summed E-state index contributed by atoms with van der Waals surface area (Å²) >= 11 is 0. The number of fused-ring (bicyclic) bond motifs is 1. The van der Waals surface area contributed by atoms with Gasteiger partial charge in [-0.2, -0.15) is 0 Å². The first-order valence-electron chi connectivity index (χ1n) is 7.81. The molecule has 2 unspecified atom stereocenters. The molecule has 112 valence electrons. The highest BCUT2D eigenvalue weighted by molar-refractivity contribution is 5.81. The van der Waals surface area contributed by atoms with Crippen molar-refractivity contribution in [2.75, 3.05) is 13.2 Å². The number of hydrogen-bond donors (Lipinski definition) is 1. The number of amides is 1. The molecule has 3 fully saturated rings. The zero-order valence-corrected chi connectivity index (χ0v) is 11.8. The normalized spacial score (nSPS) is 37.5. The molecule has 1 aliphatic heterocycles. The summed E-state index contributed by atoms with van der Waals surface area (Å²) in [6.07, 6.45) is 6.53.